The highest BCUT2D eigenvalue weighted by molar-refractivity contribution is 5.44. The van der Waals surface area contributed by atoms with Gasteiger partial charge in [0.15, 0.2) is 0 Å². The van der Waals surface area contributed by atoms with Crippen molar-refractivity contribution in [2.24, 2.45) is 17.6 Å². The standard InChI is InChI=1S/C16H21NO2/c1-18-12-4-5-15-13(7-12)14(17)9-16(19-15)8-10-2-3-11(16)6-10/h4-5,7,10-11,14H,2-3,6,8-9,17H2,1H3/t10?,11?,14-,16?/m1/s1. The molecular formula is C16H21NO2. The third-order valence-corrected chi connectivity index (χ3v) is 5.41. The van der Waals surface area contributed by atoms with Crippen molar-refractivity contribution in [3.05, 3.63) is 23.8 Å². The number of ether oxygens (including phenoxy) is 2. The molecule has 2 N–H and O–H groups in total. The molecule has 2 aliphatic carbocycles. The highest BCUT2D eigenvalue weighted by Crippen LogP contribution is 2.57. The quantitative estimate of drug-likeness (QED) is 0.843. The first kappa shape index (κ1) is 11.6. The SMILES string of the molecule is COc1ccc2c(c1)[C@H](N)CC1(CC3CCC1C3)O2. The molecule has 3 unspecified atom stereocenters. The van der Waals surface area contributed by atoms with Gasteiger partial charge in [-0.1, -0.05) is 0 Å². The lowest BCUT2D eigenvalue weighted by Crippen LogP contribution is -2.47. The van der Waals surface area contributed by atoms with Crippen molar-refractivity contribution >= 4 is 0 Å². The summed E-state index contributed by atoms with van der Waals surface area (Å²) in [6, 6.07) is 6.11. The first-order valence-electron chi connectivity index (χ1n) is 7.33. The average molecular weight is 259 g/mol. The number of benzene rings is 1. The van der Waals surface area contributed by atoms with Crippen molar-refractivity contribution in [2.45, 2.75) is 43.7 Å². The molecule has 1 aromatic rings. The minimum atomic E-state index is 0.0317. The second kappa shape index (κ2) is 3.89. The molecule has 0 amide bonds. The Kier molecular flexibility index (Phi) is 2.37. The maximum atomic E-state index is 6.45. The second-order valence-electron chi connectivity index (χ2n) is 6.46. The maximum absolute atomic E-state index is 6.45. The highest BCUT2D eigenvalue weighted by Gasteiger charge is 2.55. The van der Waals surface area contributed by atoms with E-state index in [-0.39, 0.29) is 11.6 Å². The van der Waals surface area contributed by atoms with Gasteiger partial charge in [-0.05, 0) is 55.7 Å². The van der Waals surface area contributed by atoms with Gasteiger partial charge in [-0.3, -0.25) is 0 Å². The van der Waals surface area contributed by atoms with E-state index < -0.39 is 0 Å². The van der Waals surface area contributed by atoms with Gasteiger partial charge in [0.25, 0.3) is 0 Å². The topological polar surface area (TPSA) is 44.5 Å². The van der Waals surface area contributed by atoms with Crippen molar-refractivity contribution in [1.82, 2.24) is 0 Å². The Hall–Kier alpha value is -1.22. The van der Waals surface area contributed by atoms with Crippen LogP contribution in [0.15, 0.2) is 18.2 Å². The van der Waals surface area contributed by atoms with Gasteiger partial charge in [0.05, 0.1) is 7.11 Å². The number of hydrogen-bond donors (Lipinski definition) is 1. The zero-order valence-corrected chi connectivity index (χ0v) is 11.4. The van der Waals surface area contributed by atoms with Crippen LogP contribution in [0.25, 0.3) is 0 Å². The predicted molar refractivity (Wildman–Crippen MR) is 73.3 cm³/mol. The van der Waals surface area contributed by atoms with Crippen molar-refractivity contribution in [1.29, 1.82) is 0 Å². The van der Waals surface area contributed by atoms with Gasteiger partial charge in [-0.25, -0.2) is 0 Å². The molecule has 1 aromatic carbocycles. The molecule has 3 aliphatic rings. The summed E-state index contributed by atoms with van der Waals surface area (Å²) in [6.07, 6.45) is 6.23. The zero-order chi connectivity index (χ0) is 13.0. The zero-order valence-electron chi connectivity index (χ0n) is 11.4. The van der Waals surface area contributed by atoms with Crippen LogP contribution in [0.1, 0.15) is 43.7 Å². The molecule has 0 radical (unpaired) electrons. The van der Waals surface area contributed by atoms with Crippen LogP contribution in [0, 0.1) is 11.8 Å². The molecule has 4 rings (SSSR count). The molecular weight excluding hydrogens is 238 g/mol. The van der Waals surface area contributed by atoms with Gasteiger partial charge >= 0.3 is 0 Å². The number of rotatable bonds is 1. The first-order chi connectivity index (χ1) is 9.20. The van der Waals surface area contributed by atoms with Crippen LogP contribution in [-0.4, -0.2) is 12.7 Å². The summed E-state index contributed by atoms with van der Waals surface area (Å²) < 4.78 is 11.7. The molecule has 1 aliphatic heterocycles. The summed E-state index contributed by atoms with van der Waals surface area (Å²) in [5, 5.41) is 0. The van der Waals surface area contributed by atoms with Crippen molar-refractivity contribution < 1.29 is 9.47 Å². The molecule has 2 bridgehead atoms. The normalized spacial score (nSPS) is 39.2. The van der Waals surface area contributed by atoms with Crippen molar-refractivity contribution in [2.75, 3.05) is 7.11 Å². The lowest BCUT2D eigenvalue weighted by Gasteiger charge is -2.44. The fraction of sp³-hybridized carbons (Fsp3) is 0.625. The van der Waals surface area contributed by atoms with Crippen LogP contribution >= 0.6 is 0 Å². The third kappa shape index (κ3) is 1.61. The monoisotopic (exact) mass is 259 g/mol. The summed E-state index contributed by atoms with van der Waals surface area (Å²) in [5.41, 5.74) is 7.56. The van der Waals surface area contributed by atoms with Gasteiger partial charge in [0, 0.05) is 18.0 Å². The van der Waals surface area contributed by atoms with E-state index >= 15 is 0 Å². The maximum Gasteiger partial charge on any atom is 0.125 e. The second-order valence-corrected chi connectivity index (χ2v) is 6.46. The van der Waals surface area contributed by atoms with Gasteiger partial charge in [0.2, 0.25) is 0 Å². The molecule has 1 heterocycles. The fourth-order valence-electron chi connectivity index (χ4n) is 4.55. The largest absolute Gasteiger partial charge is 0.497 e. The van der Waals surface area contributed by atoms with Crippen molar-refractivity contribution in [3.63, 3.8) is 0 Å². The average Bonchev–Trinajstić information content (AvgIpc) is 2.99. The molecule has 2 saturated carbocycles. The Morgan fingerprint density at radius 3 is 2.89 bits per heavy atom. The molecule has 3 heteroatoms. The van der Waals surface area contributed by atoms with Crippen molar-refractivity contribution in [3.8, 4) is 11.5 Å². The molecule has 19 heavy (non-hydrogen) atoms. The van der Waals surface area contributed by atoms with Gasteiger partial charge in [-0.15, -0.1) is 0 Å². The number of nitrogens with two attached hydrogens (primary N) is 1. The first-order valence-corrected chi connectivity index (χ1v) is 7.33. The Bertz CT molecular complexity index is 515. The van der Waals surface area contributed by atoms with Gasteiger partial charge < -0.3 is 15.2 Å². The minimum Gasteiger partial charge on any atom is -0.497 e. The van der Waals surface area contributed by atoms with E-state index in [2.05, 4.69) is 0 Å². The van der Waals surface area contributed by atoms with Crippen LogP contribution in [0.3, 0.4) is 0 Å². The fourth-order valence-corrected chi connectivity index (χ4v) is 4.55. The number of fused-ring (bicyclic) bond motifs is 4. The molecule has 2 fully saturated rings. The van der Waals surface area contributed by atoms with E-state index in [0.717, 1.165) is 35.3 Å². The van der Waals surface area contributed by atoms with E-state index in [9.17, 15) is 0 Å². The molecule has 102 valence electrons. The van der Waals surface area contributed by atoms with Crippen LogP contribution in [0.2, 0.25) is 0 Å². The van der Waals surface area contributed by atoms with Crippen LogP contribution in [-0.2, 0) is 0 Å². The predicted octanol–water partition coefficient (Wildman–Crippen LogP) is 3.04. The van der Waals surface area contributed by atoms with E-state index in [1.807, 2.05) is 18.2 Å². The molecule has 0 aromatic heterocycles. The summed E-state index contributed by atoms with van der Waals surface area (Å²) in [4.78, 5) is 0. The van der Waals surface area contributed by atoms with Crippen LogP contribution in [0.4, 0.5) is 0 Å². The summed E-state index contributed by atoms with van der Waals surface area (Å²) in [5.74, 6) is 3.43. The number of hydrogen-bond acceptors (Lipinski definition) is 3. The summed E-state index contributed by atoms with van der Waals surface area (Å²) in [6.45, 7) is 0. The molecule has 4 atom stereocenters. The minimum absolute atomic E-state index is 0.0317. The van der Waals surface area contributed by atoms with Gasteiger partial charge in [0.1, 0.15) is 17.1 Å². The number of methoxy groups -OCH3 is 1. The van der Waals surface area contributed by atoms with Crippen LogP contribution in [0.5, 0.6) is 11.5 Å². The Morgan fingerprint density at radius 2 is 2.21 bits per heavy atom. The highest BCUT2D eigenvalue weighted by atomic mass is 16.5. The molecule has 1 spiro atoms. The lowest BCUT2D eigenvalue weighted by molar-refractivity contribution is -0.0142. The van der Waals surface area contributed by atoms with Crippen LogP contribution < -0.4 is 15.2 Å². The van der Waals surface area contributed by atoms with Gasteiger partial charge in [-0.2, -0.15) is 0 Å². The smallest absolute Gasteiger partial charge is 0.125 e. The molecule has 3 nitrogen and oxygen atoms in total. The van der Waals surface area contributed by atoms with E-state index in [1.165, 1.54) is 25.7 Å². The Labute approximate surface area is 114 Å². The summed E-state index contributed by atoms with van der Waals surface area (Å²) >= 11 is 0. The lowest BCUT2D eigenvalue weighted by atomic mass is 9.76. The Balaban J connectivity index is 1.71. The van der Waals surface area contributed by atoms with E-state index in [4.69, 9.17) is 15.2 Å². The van der Waals surface area contributed by atoms with E-state index in [1.54, 1.807) is 7.11 Å². The summed E-state index contributed by atoms with van der Waals surface area (Å²) in [7, 11) is 1.69. The molecule has 0 saturated heterocycles. The van der Waals surface area contributed by atoms with E-state index in [0.29, 0.717) is 0 Å². The third-order valence-electron chi connectivity index (χ3n) is 5.41. The Morgan fingerprint density at radius 1 is 1.32 bits per heavy atom.